The van der Waals surface area contributed by atoms with Gasteiger partial charge in [0.05, 0.1) is 16.3 Å². The molecule has 0 saturated carbocycles. The predicted octanol–water partition coefficient (Wildman–Crippen LogP) is 3.48. The van der Waals surface area contributed by atoms with Gasteiger partial charge >= 0.3 is 0 Å². The number of hydrogen-bond acceptors (Lipinski definition) is 6. The Morgan fingerprint density at radius 2 is 1.69 bits per heavy atom. The summed E-state index contributed by atoms with van der Waals surface area (Å²) in [4.78, 5) is 1.42. The molecule has 0 amide bonds. The van der Waals surface area contributed by atoms with Crippen LogP contribution in [0.4, 0.5) is 0 Å². The number of rotatable bonds is 6. The molecule has 0 aliphatic rings. The van der Waals surface area contributed by atoms with Crippen LogP contribution in [0, 0.1) is 0 Å². The average Bonchev–Trinajstić information content (AvgIpc) is 3.08. The van der Waals surface area contributed by atoms with Gasteiger partial charge < -0.3 is 0 Å². The fraction of sp³-hybridized carbons (Fsp3) is 0.278. The third kappa shape index (κ3) is 4.31. The van der Waals surface area contributed by atoms with E-state index >= 15 is 0 Å². The van der Waals surface area contributed by atoms with E-state index in [1.807, 2.05) is 0 Å². The third-order valence-corrected chi connectivity index (χ3v) is 6.09. The lowest BCUT2D eigenvalue weighted by atomic mass is 10.0. The maximum absolute atomic E-state index is 11.6. The molecule has 0 radical (unpaired) electrons. The predicted molar refractivity (Wildman–Crippen MR) is 102 cm³/mol. The molecule has 3 rings (SSSR count). The molecule has 8 heteroatoms. The Labute approximate surface area is 157 Å². The lowest BCUT2D eigenvalue weighted by Crippen LogP contribution is -2.03. The topological polar surface area (TPSA) is 77.7 Å². The second-order valence-corrected chi connectivity index (χ2v) is 9.35. The van der Waals surface area contributed by atoms with Gasteiger partial charge in [-0.2, -0.15) is 4.68 Å². The largest absolute Gasteiger partial charge is 0.224 e. The van der Waals surface area contributed by atoms with E-state index in [1.54, 1.807) is 40.7 Å². The van der Waals surface area contributed by atoms with E-state index in [0.717, 1.165) is 10.6 Å². The van der Waals surface area contributed by atoms with Gasteiger partial charge in [0.1, 0.15) is 0 Å². The van der Waals surface area contributed by atoms with Crippen LogP contribution in [0.25, 0.3) is 5.69 Å². The first kappa shape index (κ1) is 18.6. The molecule has 0 atom stereocenters. The number of sulfone groups is 1. The molecular weight excluding hydrogens is 368 g/mol. The third-order valence-electron chi connectivity index (χ3n) is 3.96. The second-order valence-electron chi connectivity index (χ2n) is 6.29. The van der Waals surface area contributed by atoms with Crippen molar-refractivity contribution in [2.45, 2.75) is 35.3 Å². The fourth-order valence-electron chi connectivity index (χ4n) is 2.43. The lowest BCUT2D eigenvalue weighted by molar-refractivity contribution is 0.602. The number of aromatic nitrogens is 4. The molecule has 0 spiro atoms. The van der Waals surface area contributed by atoms with Crippen molar-refractivity contribution in [2.24, 2.45) is 0 Å². The molecular formula is C18H20N4O2S2. The minimum atomic E-state index is -3.22. The summed E-state index contributed by atoms with van der Waals surface area (Å²) in [5.41, 5.74) is 2.04. The first-order valence-electron chi connectivity index (χ1n) is 8.15. The van der Waals surface area contributed by atoms with Gasteiger partial charge in [-0.15, -0.1) is 16.9 Å². The maximum Gasteiger partial charge on any atom is 0.175 e. The van der Waals surface area contributed by atoms with Crippen molar-refractivity contribution in [3.05, 3.63) is 59.9 Å². The van der Waals surface area contributed by atoms with E-state index in [0.29, 0.717) is 17.5 Å². The quantitative estimate of drug-likeness (QED) is 0.602. The Hall–Kier alpha value is -2.19. The summed E-state index contributed by atoms with van der Waals surface area (Å²) in [5.74, 6) is 1.83. The minimum Gasteiger partial charge on any atom is -0.224 e. The summed E-state index contributed by atoms with van der Waals surface area (Å²) in [6, 6.07) is 15.0. The van der Waals surface area contributed by atoms with Gasteiger partial charge in [-0.25, -0.2) is 8.42 Å². The van der Waals surface area contributed by atoms with Crippen molar-refractivity contribution < 1.29 is 8.42 Å². The monoisotopic (exact) mass is 388 g/mol. The van der Waals surface area contributed by atoms with Crippen LogP contribution in [-0.4, -0.2) is 34.9 Å². The highest BCUT2D eigenvalue weighted by Gasteiger charge is 2.11. The Balaban J connectivity index is 1.74. The Kier molecular flexibility index (Phi) is 5.43. The molecule has 1 aromatic heterocycles. The first-order valence-corrected chi connectivity index (χ1v) is 11.0. The van der Waals surface area contributed by atoms with Gasteiger partial charge in [0.2, 0.25) is 0 Å². The van der Waals surface area contributed by atoms with Gasteiger partial charge in [-0.05, 0) is 58.3 Å². The molecule has 0 bridgehead atoms. The zero-order valence-corrected chi connectivity index (χ0v) is 16.5. The van der Waals surface area contributed by atoms with Crippen molar-refractivity contribution in [3.8, 4) is 5.69 Å². The van der Waals surface area contributed by atoms with Crippen molar-refractivity contribution >= 4 is 21.6 Å². The summed E-state index contributed by atoms with van der Waals surface area (Å²) in [6.45, 7) is 4.34. The molecule has 26 heavy (non-hydrogen) atoms. The smallest absolute Gasteiger partial charge is 0.175 e. The van der Waals surface area contributed by atoms with Crippen LogP contribution in [0.2, 0.25) is 0 Å². The second kappa shape index (κ2) is 7.59. The van der Waals surface area contributed by atoms with Gasteiger partial charge in [0.25, 0.3) is 0 Å². The van der Waals surface area contributed by atoms with Gasteiger partial charge in [0, 0.05) is 11.2 Å². The number of nitrogens with zero attached hydrogens (tertiary/aromatic N) is 4. The van der Waals surface area contributed by atoms with E-state index in [-0.39, 0.29) is 4.90 Å². The molecule has 0 saturated heterocycles. The molecule has 0 N–H and O–H groups in total. The highest BCUT2D eigenvalue weighted by molar-refractivity contribution is 7.98. The van der Waals surface area contributed by atoms with E-state index < -0.39 is 9.84 Å². The number of thioether (sulfide) groups is 1. The Morgan fingerprint density at radius 1 is 1.04 bits per heavy atom. The highest BCUT2D eigenvalue weighted by Crippen LogP contribution is 2.25. The van der Waals surface area contributed by atoms with Gasteiger partial charge in [0.15, 0.2) is 15.7 Å². The molecule has 136 valence electrons. The van der Waals surface area contributed by atoms with E-state index in [2.05, 4.69) is 53.6 Å². The fourth-order valence-corrected chi connectivity index (χ4v) is 3.86. The van der Waals surface area contributed by atoms with E-state index in [4.69, 9.17) is 0 Å². The molecule has 0 aliphatic carbocycles. The van der Waals surface area contributed by atoms with Gasteiger partial charge in [-0.1, -0.05) is 26.0 Å². The highest BCUT2D eigenvalue weighted by atomic mass is 32.2. The molecule has 1 heterocycles. The van der Waals surface area contributed by atoms with Crippen LogP contribution in [0.15, 0.2) is 58.3 Å². The van der Waals surface area contributed by atoms with Crippen molar-refractivity contribution in [1.29, 1.82) is 0 Å². The zero-order chi connectivity index (χ0) is 18.7. The van der Waals surface area contributed by atoms with Crippen LogP contribution in [0.3, 0.4) is 0 Å². The normalized spacial score (nSPS) is 11.8. The molecule has 3 aromatic rings. The van der Waals surface area contributed by atoms with Crippen LogP contribution in [0.1, 0.15) is 31.2 Å². The summed E-state index contributed by atoms with van der Waals surface area (Å²) < 4.78 is 24.8. The van der Waals surface area contributed by atoms with Crippen molar-refractivity contribution in [3.63, 3.8) is 0 Å². The Morgan fingerprint density at radius 3 is 2.27 bits per heavy atom. The molecule has 2 aromatic carbocycles. The summed E-state index contributed by atoms with van der Waals surface area (Å²) in [5, 5.41) is 11.9. The van der Waals surface area contributed by atoms with Crippen LogP contribution in [-0.2, 0) is 15.6 Å². The van der Waals surface area contributed by atoms with Crippen molar-refractivity contribution in [1.82, 2.24) is 20.2 Å². The Bertz CT molecular complexity index is 979. The lowest BCUT2D eigenvalue weighted by Gasteiger charge is -2.07. The number of tetrazole rings is 1. The summed E-state index contributed by atoms with van der Waals surface area (Å²) in [6.07, 6.45) is 1.19. The van der Waals surface area contributed by atoms with Crippen LogP contribution < -0.4 is 0 Å². The summed E-state index contributed by atoms with van der Waals surface area (Å²) >= 11 is 1.66. The van der Waals surface area contributed by atoms with Crippen LogP contribution in [0.5, 0.6) is 0 Å². The van der Waals surface area contributed by atoms with E-state index in [1.165, 1.54) is 11.8 Å². The minimum absolute atomic E-state index is 0.274. The number of benzene rings is 2. The SMILES string of the molecule is CC(C)c1ccc(SCc2nnnn2-c2ccc(S(C)(=O)=O)cc2)cc1. The maximum atomic E-state index is 11.6. The van der Waals surface area contributed by atoms with Gasteiger partial charge in [-0.3, -0.25) is 0 Å². The molecule has 0 aliphatic heterocycles. The number of hydrogen-bond donors (Lipinski definition) is 0. The average molecular weight is 389 g/mol. The van der Waals surface area contributed by atoms with Crippen LogP contribution >= 0.6 is 11.8 Å². The zero-order valence-electron chi connectivity index (χ0n) is 14.8. The molecule has 6 nitrogen and oxygen atoms in total. The molecule has 0 fully saturated rings. The van der Waals surface area contributed by atoms with E-state index in [9.17, 15) is 8.42 Å². The standard InChI is InChI=1S/C18H20N4O2S2/c1-13(2)14-4-8-16(9-5-14)25-12-18-19-20-21-22(18)15-6-10-17(11-7-15)26(3,23)24/h4-11,13H,12H2,1-3H3. The first-order chi connectivity index (χ1) is 12.3. The van der Waals surface area contributed by atoms with Crippen molar-refractivity contribution in [2.75, 3.05) is 6.26 Å². The summed E-state index contributed by atoms with van der Waals surface area (Å²) in [7, 11) is -3.22. The molecule has 0 unspecified atom stereocenters.